The van der Waals surface area contributed by atoms with Crippen molar-refractivity contribution in [2.24, 2.45) is 0 Å². The Kier molecular flexibility index (Phi) is 6.83. The molecule has 19 heavy (non-hydrogen) atoms. The highest BCUT2D eigenvalue weighted by Gasteiger charge is 2.10. The summed E-state index contributed by atoms with van der Waals surface area (Å²) in [7, 11) is 0. The molecule has 0 aliphatic rings. The molecule has 0 spiro atoms. The maximum Gasteiger partial charge on any atom is 0.338 e. The first-order valence-corrected chi connectivity index (χ1v) is 7.27. The lowest BCUT2D eigenvalue weighted by molar-refractivity contribution is -0.143. The maximum atomic E-state index is 11.6. The molecule has 0 amide bonds. The third-order valence-electron chi connectivity index (χ3n) is 2.47. The van der Waals surface area contributed by atoms with E-state index in [1.54, 1.807) is 26.0 Å². The summed E-state index contributed by atoms with van der Waals surface area (Å²) in [5, 5.41) is 0. The summed E-state index contributed by atoms with van der Waals surface area (Å²) in [5.41, 5.74) is 1.56. The van der Waals surface area contributed by atoms with Crippen LogP contribution >= 0.6 is 22.6 Å². The van der Waals surface area contributed by atoms with Gasteiger partial charge in [0.25, 0.3) is 0 Å². The van der Waals surface area contributed by atoms with Gasteiger partial charge in [0.2, 0.25) is 0 Å². The number of esters is 2. The van der Waals surface area contributed by atoms with Gasteiger partial charge in [-0.1, -0.05) is 6.07 Å². The zero-order chi connectivity index (χ0) is 14.3. The third-order valence-corrected chi connectivity index (χ3v) is 3.47. The topological polar surface area (TPSA) is 52.6 Å². The Morgan fingerprint density at radius 3 is 2.42 bits per heavy atom. The van der Waals surface area contributed by atoms with Crippen molar-refractivity contribution < 1.29 is 19.1 Å². The van der Waals surface area contributed by atoms with Crippen LogP contribution in [0, 0.1) is 3.57 Å². The Morgan fingerprint density at radius 1 is 1.16 bits per heavy atom. The number of aryl methyl sites for hydroxylation is 1. The summed E-state index contributed by atoms with van der Waals surface area (Å²) in [6.07, 6.45) is 0.961. The van der Waals surface area contributed by atoms with Crippen LogP contribution in [-0.4, -0.2) is 25.2 Å². The largest absolute Gasteiger partial charge is 0.466 e. The first kappa shape index (κ1) is 15.9. The number of hydrogen-bond acceptors (Lipinski definition) is 4. The molecular formula is C14H17IO4. The van der Waals surface area contributed by atoms with Crippen molar-refractivity contribution >= 4 is 34.5 Å². The van der Waals surface area contributed by atoms with Crippen molar-refractivity contribution in [2.75, 3.05) is 13.2 Å². The number of ether oxygens (including phenoxy) is 2. The molecular weight excluding hydrogens is 359 g/mol. The van der Waals surface area contributed by atoms with Gasteiger partial charge < -0.3 is 9.47 Å². The average molecular weight is 376 g/mol. The van der Waals surface area contributed by atoms with Gasteiger partial charge in [-0.15, -0.1) is 0 Å². The molecule has 0 radical (unpaired) electrons. The Balaban J connectivity index is 2.67. The second kappa shape index (κ2) is 8.14. The van der Waals surface area contributed by atoms with Gasteiger partial charge in [0.05, 0.1) is 18.8 Å². The van der Waals surface area contributed by atoms with Gasteiger partial charge in [-0.3, -0.25) is 4.79 Å². The number of halogens is 1. The molecule has 0 aliphatic heterocycles. The minimum absolute atomic E-state index is 0.201. The maximum absolute atomic E-state index is 11.6. The van der Waals surface area contributed by atoms with Crippen LogP contribution in [0.5, 0.6) is 0 Å². The van der Waals surface area contributed by atoms with Gasteiger partial charge in [-0.2, -0.15) is 0 Å². The quantitative estimate of drug-likeness (QED) is 0.566. The number of carbonyl (C=O) groups excluding carboxylic acids is 2. The summed E-state index contributed by atoms with van der Waals surface area (Å²) in [6.45, 7) is 4.32. The van der Waals surface area contributed by atoms with E-state index in [1.165, 1.54) is 0 Å². The Bertz CT molecular complexity index is 457. The van der Waals surface area contributed by atoms with E-state index in [9.17, 15) is 9.59 Å². The van der Waals surface area contributed by atoms with Crippen LogP contribution in [0.15, 0.2) is 18.2 Å². The van der Waals surface area contributed by atoms with Gasteiger partial charge in [0.15, 0.2) is 0 Å². The lowest BCUT2D eigenvalue weighted by Gasteiger charge is -2.07. The standard InChI is InChI=1S/C14H17IO4/c1-3-18-13(16)8-7-10-5-6-11(9-12(10)15)14(17)19-4-2/h5-6,9H,3-4,7-8H2,1-2H3. The Morgan fingerprint density at radius 2 is 1.84 bits per heavy atom. The molecule has 0 unspecified atom stereocenters. The van der Waals surface area contributed by atoms with E-state index in [0.717, 1.165) is 9.13 Å². The lowest BCUT2D eigenvalue weighted by Crippen LogP contribution is -2.07. The molecule has 0 saturated heterocycles. The van der Waals surface area contributed by atoms with Gasteiger partial charge >= 0.3 is 11.9 Å². The van der Waals surface area contributed by atoms with E-state index in [1.807, 2.05) is 6.07 Å². The van der Waals surface area contributed by atoms with E-state index >= 15 is 0 Å². The fourth-order valence-corrected chi connectivity index (χ4v) is 2.35. The van der Waals surface area contributed by atoms with Crippen LogP contribution < -0.4 is 0 Å². The fourth-order valence-electron chi connectivity index (χ4n) is 1.56. The molecule has 0 aliphatic carbocycles. The SMILES string of the molecule is CCOC(=O)CCc1ccc(C(=O)OCC)cc1I. The molecule has 0 heterocycles. The zero-order valence-electron chi connectivity index (χ0n) is 11.1. The van der Waals surface area contributed by atoms with E-state index in [0.29, 0.717) is 31.6 Å². The Hall–Kier alpha value is -1.11. The van der Waals surface area contributed by atoms with Crippen molar-refractivity contribution in [1.29, 1.82) is 0 Å². The van der Waals surface area contributed by atoms with Crippen molar-refractivity contribution in [3.63, 3.8) is 0 Å². The molecule has 104 valence electrons. The zero-order valence-corrected chi connectivity index (χ0v) is 13.2. The smallest absolute Gasteiger partial charge is 0.338 e. The van der Waals surface area contributed by atoms with E-state index < -0.39 is 0 Å². The first-order chi connectivity index (χ1) is 9.08. The van der Waals surface area contributed by atoms with Crippen molar-refractivity contribution in [2.45, 2.75) is 26.7 Å². The molecule has 1 aromatic rings. The van der Waals surface area contributed by atoms with Crippen molar-refractivity contribution in [1.82, 2.24) is 0 Å². The molecule has 0 atom stereocenters. The number of rotatable bonds is 6. The van der Waals surface area contributed by atoms with E-state index in [2.05, 4.69) is 22.6 Å². The molecule has 1 rings (SSSR count). The molecule has 0 saturated carbocycles. The van der Waals surface area contributed by atoms with Crippen LogP contribution in [0.25, 0.3) is 0 Å². The van der Waals surface area contributed by atoms with Crippen LogP contribution in [0.2, 0.25) is 0 Å². The molecule has 5 heteroatoms. The molecule has 0 fully saturated rings. The van der Waals surface area contributed by atoms with Crippen LogP contribution in [0.4, 0.5) is 0 Å². The van der Waals surface area contributed by atoms with E-state index in [-0.39, 0.29) is 11.9 Å². The van der Waals surface area contributed by atoms with Crippen LogP contribution in [0.1, 0.15) is 36.2 Å². The highest BCUT2D eigenvalue weighted by atomic mass is 127. The highest BCUT2D eigenvalue weighted by Crippen LogP contribution is 2.17. The van der Waals surface area contributed by atoms with Gasteiger partial charge in [0, 0.05) is 9.99 Å². The molecule has 0 bridgehead atoms. The number of carbonyl (C=O) groups is 2. The molecule has 0 N–H and O–H groups in total. The minimum atomic E-state index is -0.322. The fraction of sp³-hybridized carbons (Fsp3) is 0.429. The van der Waals surface area contributed by atoms with Crippen LogP contribution in [-0.2, 0) is 20.7 Å². The molecule has 1 aromatic carbocycles. The molecule has 4 nitrogen and oxygen atoms in total. The monoisotopic (exact) mass is 376 g/mol. The average Bonchev–Trinajstić information content (AvgIpc) is 2.38. The van der Waals surface area contributed by atoms with Crippen molar-refractivity contribution in [3.05, 3.63) is 32.9 Å². The van der Waals surface area contributed by atoms with Gasteiger partial charge in [-0.25, -0.2) is 4.79 Å². The number of benzene rings is 1. The van der Waals surface area contributed by atoms with Crippen LogP contribution in [0.3, 0.4) is 0 Å². The predicted octanol–water partition coefficient (Wildman–Crippen LogP) is 2.96. The van der Waals surface area contributed by atoms with Gasteiger partial charge in [-0.05, 0) is 60.6 Å². The normalized spacial score (nSPS) is 10.1. The summed E-state index contributed by atoms with van der Waals surface area (Å²) in [6, 6.07) is 5.35. The lowest BCUT2D eigenvalue weighted by atomic mass is 10.1. The second-order valence-corrected chi connectivity index (χ2v) is 4.99. The van der Waals surface area contributed by atoms with Crippen molar-refractivity contribution in [3.8, 4) is 0 Å². The summed E-state index contributed by atoms with van der Waals surface area (Å²) >= 11 is 2.16. The minimum Gasteiger partial charge on any atom is -0.466 e. The second-order valence-electron chi connectivity index (χ2n) is 3.83. The van der Waals surface area contributed by atoms with E-state index in [4.69, 9.17) is 9.47 Å². The summed E-state index contributed by atoms with van der Waals surface area (Å²) < 4.78 is 10.8. The first-order valence-electron chi connectivity index (χ1n) is 6.19. The summed E-state index contributed by atoms with van der Waals surface area (Å²) in [5.74, 6) is -0.523. The summed E-state index contributed by atoms with van der Waals surface area (Å²) in [4.78, 5) is 22.8. The Labute approximate surface area is 126 Å². The third kappa shape index (κ3) is 5.18. The van der Waals surface area contributed by atoms with Gasteiger partial charge in [0.1, 0.15) is 0 Å². The molecule has 0 aromatic heterocycles. The predicted molar refractivity (Wildman–Crippen MR) is 80.1 cm³/mol. The number of hydrogen-bond donors (Lipinski definition) is 0. The highest BCUT2D eigenvalue weighted by molar-refractivity contribution is 14.1.